The molecule has 1 saturated heterocycles. The van der Waals surface area contributed by atoms with Crippen LogP contribution in [0.3, 0.4) is 0 Å². The van der Waals surface area contributed by atoms with Crippen LogP contribution in [0, 0.1) is 5.41 Å². The highest BCUT2D eigenvalue weighted by atomic mass is 16.5. The molecule has 0 radical (unpaired) electrons. The summed E-state index contributed by atoms with van der Waals surface area (Å²) in [7, 11) is 0. The summed E-state index contributed by atoms with van der Waals surface area (Å²) in [6.45, 7) is 5.98. The van der Waals surface area contributed by atoms with Crippen molar-refractivity contribution >= 4 is 11.9 Å². The van der Waals surface area contributed by atoms with Crippen LogP contribution >= 0.6 is 0 Å². The lowest BCUT2D eigenvalue weighted by Crippen LogP contribution is -2.34. The molecule has 1 unspecified atom stereocenters. The van der Waals surface area contributed by atoms with Crippen LogP contribution in [0.5, 0.6) is 0 Å². The molecule has 0 aromatic carbocycles. The minimum atomic E-state index is -0.428. The minimum Gasteiger partial charge on any atom is -0.463 e. The van der Waals surface area contributed by atoms with Crippen LogP contribution < -0.4 is 5.32 Å². The van der Waals surface area contributed by atoms with Crippen molar-refractivity contribution in [2.45, 2.75) is 46.1 Å². The molecule has 86 valence electrons. The fourth-order valence-electron chi connectivity index (χ4n) is 1.32. The lowest BCUT2D eigenvalue weighted by atomic mass is 9.91. The summed E-state index contributed by atoms with van der Waals surface area (Å²) < 4.78 is 5.18. The van der Waals surface area contributed by atoms with Crippen molar-refractivity contribution in [3.63, 3.8) is 0 Å². The van der Waals surface area contributed by atoms with Crippen molar-refractivity contribution in [2.24, 2.45) is 5.41 Å². The van der Waals surface area contributed by atoms with Crippen LogP contribution in [0.15, 0.2) is 0 Å². The van der Waals surface area contributed by atoms with Crippen LogP contribution in [0.2, 0.25) is 0 Å². The smallest absolute Gasteiger partial charge is 0.311 e. The van der Waals surface area contributed by atoms with Gasteiger partial charge in [0.2, 0.25) is 5.91 Å². The number of carbonyl (C=O) groups is 2. The average Bonchev–Trinajstić information content (AvgIpc) is 2.60. The van der Waals surface area contributed by atoms with Gasteiger partial charge >= 0.3 is 5.97 Å². The third kappa shape index (κ3) is 3.22. The second kappa shape index (κ2) is 4.64. The Hall–Kier alpha value is -1.06. The van der Waals surface area contributed by atoms with Gasteiger partial charge in [-0.25, -0.2) is 0 Å². The Balaban J connectivity index is 2.31. The lowest BCUT2D eigenvalue weighted by Gasteiger charge is -2.21. The number of hydrogen-bond acceptors (Lipinski definition) is 3. The van der Waals surface area contributed by atoms with Crippen molar-refractivity contribution in [3.8, 4) is 0 Å². The molecular weight excluding hydrogens is 194 g/mol. The standard InChI is InChI=1S/C11H19NO3/c1-4-11(2,3)10(14)15-7-8-5-6-9(13)12-8/h8H,4-7H2,1-3H3,(H,12,13). The molecule has 4 nitrogen and oxygen atoms in total. The Morgan fingerprint density at radius 1 is 1.60 bits per heavy atom. The molecule has 1 atom stereocenters. The van der Waals surface area contributed by atoms with E-state index in [0.29, 0.717) is 13.0 Å². The van der Waals surface area contributed by atoms with Gasteiger partial charge in [-0.3, -0.25) is 9.59 Å². The maximum Gasteiger partial charge on any atom is 0.311 e. The summed E-state index contributed by atoms with van der Waals surface area (Å²) in [6.07, 6.45) is 2.06. The fourth-order valence-corrected chi connectivity index (χ4v) is 1.32. The predicted octanol–water partition coefficient (Wildman–Crippen LogP) is 1.24. The Morgan fingerprint density at radius 3 is 2.73 bits per heavy atom. The van der Waals surface area contributed by atoms with E-state index >= 15 is 0 Å². The van der Waals surface area contributed by atoms with Crippen molar-refractivity contribution < 1.29 is 14.3 Å². The van der Waals surface area contributed by atoms with E-state index in [2.05, 4.69) is 5.32 Å². The summed E-state index contributed by atoms with van der Waals surface area (Å²) in [5.74, 6) is -0.142. The summed E-state index contributed by atoms with van der Waals surface area (Å²) >= 11 is 0. The summed E-state index contributed by atoms with van der Waals surface area (Å²) in [6, 6.07) is 0.00843. The molecule has 1 N–H and O–H groups in total. The lowest BCUT2D eigenvalue weighted by molar-refractivity contribution is -0.154. The number of amides is 1. The average molecular weight is 213 g/mol. The van der Waals surface area contributed by atoms with Crippen molar-refractivity contribution in [2.75, 3.05) is 6.61 Å². The third-order valence-corrected chi connectivity index (χ3v) is 2.94. The van der Waals surface area contributed by atoms with E-state index in [-0.39, 0.29) is 17.9 Å². The number of nitrogens with one attached hydrogen (secondary N) is 1. The maximum atomic E-state index is 11.6. The van der Waals surface area contributed by atoms with E-state index in [0.717, 1.165) is 12.8 Å². The minimum absolute atomic E-state index is 0.00843. The molecular formula is C11H19NO3. The molecule has 0 aliphatic carbocycles. The SMILES string of the molecule is CCC(C)(C)C(=O)OCC1CCC(=O)N1. The van der Waals surface area contributed by atoms with Crippen LogP contribution in [-0.2, 0) is 14.3 Å². The normalized spacial score (nSPS) is 21.3. The van der Waals surface area contributed by atoms with Gasteiger partial charge in [0.05, 0.1) is 11.5 Å². The van der Waals surface area contributed by atoms with E-state index in [1.807, 2.05) is 20.8 Å². The van der Waals surface area contributed by atoms with Crippen LogP contribution in [0.1, 0.15) is 40.0 Å². The second-order valence-electron chi connectivity index (χ2n) is 4.64. The van der Waals surface area contributed by atoms with Gasteiger partial charge in [-0.15, -0.1) is 0 Å². The third-order valence-electron chi connectivity index (χ3n) is 2.94. The largest absolute Gasteiger partial charge is 0.463 e. The van der Waals surface area contributed by atoms with Gasteiger partial charge < -0.3 is 10.1 Å². The first kappa shape index (κ1) is 12.0. The van der Waals surface area contributed by atoms with Gasteiger partial charge in [-0.1, -0.05) is 6.92 Å². The Bertz CT molecular complexity index is 261. The van der Waals surface area contributed by atoms with E-state index in [9.17, 15) is 9.59 Å². The fraction of sp³-hybridized carbons (Fsp3) is 0.818. The number of hydrogen-bond donors (Lipinski definition) is 1. The van der Waals surface area contributed by atoms with Crippen molar-refractivity contribution in [1.82, 2.24) is 5.32 Å². The van der Waals surface area contributed by atoms with E-state index < -0.39 is 5.41 Å². The highest BCUT2D eigenvalue weighted by molar-refractivity contribution is 5.79. The predicted molar refractivity (Wildman–Crippen MR) is 56.2 cm³/mol. The molecule has 0 bridgehead atoms. The molecule has 4 heteroatoms. The molecule has 1 aliphatic heterocycles. The Kier molecular flexibility index (Phi) is 3.72. The zero-order chi connectivity index (χ0) is 11.5. The summed E-state index contributed by atoms with van der Waals surface area (Å²) in [5, 5.41) is 2.76. The van der Waals surface area contributed by atoms with E-state index in [1.165, 1.54) is 0 Å². The van der Waals surface area contributed by atoms with Crippen LogP contribution in [0.4, 0.5) is 0 Å². The van der Waals surface area contributed by atoms with Crippen molar-refractivity contribution in [1.29, 1.82) is 0 Å². The van der Waals surface area contributed by atoms with Gasteiger partial charge in [0.1, 0.15) is 6.61 Å². The van der Waals surface area contributed by atoms with Gasteiger partial charge in [0.25, 0.3) is 0 Å². The Labute approximate surface area is 90.4 Å². The molecule has 15 heavy (non-hydrogen) atoms. The van der Waals surface area contributed by atoms with Crippen LogP contribution in [0.25, 0.3) is 0 Å². The number of rotatable bonds is 4. The van der Waals surface area contributed by atoms with Gasteiger partial charge in [-0.05, 0) is 26.7 Å². The van der Waals surface area contributed by atoms with Gasteiger partial charge in [0, 0.05) is 6.42 Å². The number of ether oxygens (including phenoxy) is 1. The maximum absolute atomic E-state index is 11.6. The molecule has 1 aliphatic rings. The first-order valence-corrected chi connectivity index (χ1v) is 5.42. The van der Waals surface area contributed by atoms with Gasteiger partial charge in [0.15, 0.2) is 0 Å². The highest BCUT2D eigenvalue weighted by Gasteiger charge is 2.29. The zero-order valence-corrected chi connectivity index (χ0v) is 9.63. The van der Waals surface area contributed by atoms with E-state index in [4.69, 9.17) is 4.74 Å². The van der Waals surface area contributed by atoms with Crippen LogP contribution in [-0.4, -0.2) is 24.5 Å². The topological polar surface area (TPSA) is 55.4 Å². The molecule has 0 aromatic heterocycles. The second-order valence-corrected chi connectivity index (χ2v) is 4.64. The summed E-state index contributed by atoms with van der Waals surface area (Å²) in [4.78, 5) is 22.5. The zero-order valence-electron chi connectivity index (χ0n) is 9.63. The van der Waals surface area contributed by atoms with E-state index in [1.54, 1.807) is 0 Å². The molecule has 1 heterocycles. The van der Waals surface area contributed by atoms with Crippen molar-refractivity contribution in [3.05, 3.63) is 0 Å². The first-order valence-electron chi connectivity index (χ1n) is 5.42. The number of esters is 1. The van der Waals surface area contributed by atoms with Gasteiger partial charge in [-0.2, -0.15) is 0 Å². The molecule has 1 fully saturated rings. The molecule has 0 aromatic rings. The monoisotopic (exact) mass is 213 g/mol. The Morgan fingerprint density at radius 2 is 2.27 bits per heavy atom. The number of carbonyl (C=O) groups excluding carboxylic acids is 2. The molecule has 0 spiro atoms. The first-order chi connectivity index (χ1) is 6.95. The highest BCUT2D eigenvalue weighted by Crippen LogP contribution is 2.21. The quantitative estimate of drug-likeness (QED) is 0.715. The molecule has 0 saturated carbocycles. The summed E-state index contributed by atoms with van der Waals surface area (Å²) in [5.41, 5.74) is -0.428. The molecule has 1 amide bonds. The molecule has 1 rings (SSSR count).